The Morgan fingerprint density at radius 1 is 0.636 bits per heavy atom. The molecule has 0 saturated heterocycles. The van der Waals surface area contributed by atoms with Crippen molar-refractivity contribution in [2.24, 2.45) is 0 Å². The molecule has 0 N–H and O–H groups in total. The first kappa shape index (κ1) is 30.4. The molecule has 0 aromatic heterocycles. The third-order valence-electron chi connectivity index (χ3n) is 4.31. The van der Waals surface area contributed by atoms with Gasteiger partial charge in [0.15, 0.2) is 0 Å². The van der Waals surface area contributed by atoms with Crippen LogP contribution in [0.4, 0.5) is 0 Å². The first-order valence-corrected chi connectivity index (χ1v) is 13.9. The van der Waals surface area contributed by atoms with Gasteiger partial charge in [0, 0.05) is 15.9 Å². The summed E-state index contributed by atoms with van der Waals surface area (Å²) in [5.74, 6) is 7.34. The Balaban J connectivity index is -0.000000120. The van der Waals surface area contributed by atoms with Crippen LogP contribution in [0.25, 0.3) is 0 Å². The summed E-state index contributed by atoms with van der Waals surface area (Å²) < 4.78 is 15.0. The second-order valence-electron chi connectivity index (χ2n) is 6.38. The van der Waals surface area contributed by atoms with Gasteiger partial charge in [0.1, 0.15) is 0 Å². The SMILES string of the molecule is C[C]1[C](C)[C](C)[C](C)[C]1C.C[Si](C)[Si](C)(C)C.[C-]#[O+].[C-]#[O+].[Ru+]. The molecule has 0 aromatic carbocycles. The topological polar surface area (TPSA) is 39.8 Å². The van der Waals surface area contributed by atoms with Crippen LogP contribution in [0.2, 0.25) is 32.7 Å². The van der Waals surface area contributed by atoms with Gasteiger partial charge in [0.05, 0.1) is 0 Å². The minimum atomic E-state index is -0.633. The van der Waals surface area contributed by atoms with E-state index in [-0.39, 0.29) is 27.8 Å². The zero-order valence-electron chi connectivity index (χ0n) is 15.7. The summed E-state index contributed by atoms with van der Waals surface area (Å²) in [5.41, 5.74) is 0. The summed E-state index contributed by atoms with van der Waals surface area (Å²) in [4.78, 5) is 0. The number of hydrogen-bond acceptors (Lipinski definition) is 0. The molecular formula is C17H30O2RuSi2+. The monoisotopic (exact) mass is 424 g/mol. The molecule has 0 unspecified atom stereocenters. The van der Waals surface area contributed by atoms with Crippen LogP contribution in [-0.2, 0) is 28.8 Å². The Bertz CT molecular complexity index is 247. The summed E-state index contributed by atoms with van der Waals surface area (Å²) in [5, 5.41) is 0. The summed E-state index contributed by atoms with van der Waals surface area (Å²) in [6, 6.07) is 0. The zero-order valence-corrected chi connectivity index (χ0v) is 19.4. The van der Waals surface area contributed by atoms with E-state index < -0.39 is 7.59 Å². The van der Waals surface area contributed by atoms with E-state index in [2.05, 4.69) is 80.7 Å². The fourth-order valence-corrected chi connectivity index (χ4v) is 1.41. The Labute approximate surface area is 154 Å². The minimum Gasteiger partial charge on any atom is 1.00 e. The van der Waals surface area contributed by atoms with Crippen molar-refractivity contribution in [3.8, 4) is 0 Å². The van der Waals surface area contributed by atoms with Crippen molar-refractivity contribution >= 4 is 15.9 Å². The van der Waals surface area contributed by atoms with Crippen molar-refractivity contribution in [2.45, 2.75) is 67.4 Å². The predicted octanol–water partition coefficient (Wildman–Crippen LogP) is 5.05. The number of rotatable bonds is 1. The first-order valence-electron chi connectivity index (χ1n) is 6.91. The molecule has 1 aliphatic carbocycles. The smallest absolute Gasteiger partial charge is 1.00 e. The van der Waals surface area contributed by atoms with E-state index in [0.717, 1.165) is 0 Å². The van der Waals surface area contributed by atoms with E-state index in [0.29, 0.717) is 0 Å². The average Bonchev–Trinajstić information content (AvgIpc) is 2.61. The Morgan fingerprint density at radius 2 is 0.727 bits per heavy atom. The molecule has 1 rings (SSSR count). The molecule has 125 valence electrons. The fraction of sp³-hybridized carbons (Fsp3) is 0.588. The van der Waals surface area contributed by atoms with Gasteiger partial charge in [0.25, 0.3) is 0 Å². The van der Waals surface area contributed by atoms with Gasteiger partial charge in [-0.3, -0.25) is 0 Å². The van der Waals surface area contributed by atoms with Crippen LogP contribution in [0.3, 0.4) is 0 Å². The van der Waals surface area contributed by atoms with Crippen molar-refractivity contribution < 1.29 is 28.8 Å². The molecule has 22 heavy (non-hydrogen) atoms. The molecule has 2 nitrogen and oxygen atoms in total. The van der Waals surface area contributed by atoms with Crippen LogP contribution in [0.1, 0.15) is 34.6 Å². The summed E-state index contributed by atoms with van der Waals surface area (Å²) in [7, 11) is -0.544. The van der Waals surface area contributed by atoms with Crippen molar-refractivity contribution in [1.29, 1.82) is 0 Å². The molecule has 0 spiro atoms. The van der Waals surface area contributed by atoms with Crippen LogP contribution >= 0.6 is 0 Å². The van der Waals surface area contributed by atoms with E-state index in [1.807, 2.05) is 0 Å². The average molecular weight is 424 g/mol. The maximum atomic E-state index is 7.50. The van der Waals surface area contributed by atoms with Gasteiger partial charge < -0.3 is 0 Å². The number of hydrogen-bond donors (Lipinski definition) is 0. The van der Waals surface area contributed by atoms with E-state index in [4.69, 9.17) is 9.30 Å². The molecule has 0 aromatic rings. The largest absolute Gasteiger partial charge is 1.00 e. The van der Waals surface area contributed by atoms with Gasteiger partial charge in [-0.25, -0.2) is 0 Å². The second-order valence-corrected chi connectivity index (χ2v) is 20.4. The minimum absolute atomic E-state index is 0. The van der Waals surface area contributed by atoms with Gasteiger partial charge >= 0.3 is 42.1 Å². The van der Waals surface area contributed by atoms with Gasteiger partial charge in [0.2, 0.25) is 0 Å². The van der Waals surface area contributed by atoms with Gasteiger partial charge in [-0.05, 0) is 29.6 Å². The summed E-state index contributed by atoms with van der Waals surface area (Å²) in [6.07, 6.45) is 0. The molecule has 0 heterocycles. The van der Waals surface area contributed by atoms with E-state index in [1.54, 1.807) is 0 Å². The van der Waals surface area contributed by atoms with Crippen molar-refractivity contribution in [3.63, 3.8) is 0 Å². The molecule has 1 saturated carbocycles. The quantitative estimate of drug-likeness (QED) is 0.322. The Morgan fingerprint density at radius 3 is 0.773 bits per heavy atom. The van der Waals surface area contributed by atoms with Crippen molar-refractivity contribution in [3.05, 3.63) is 42.9 Å². The van der Waals surface area contributed by atoms with E-state index >= 15 is 0 Å². The van der Waals surface area contributed by atoms with Gasteiger partial charge in [-0.2, -0.15) is 0 Å². The van der Waals surface area contributed by atoms with Crippen LogP contribution in [0, 0.1) is 42.9 Å². The van der Waals surface area contributed by atoms with Crippen LogP contribution in [0.5, 0.6) is 0 Å². The van der Waals surface area contributed by atoms with Crippen LogP contribution < -0.4 is 0 Å². The third kappa shape index (κ3) is 11.1. The predicted molar refractivity (Wildman–Crippen MR) is 93.3 cm³/mol. The first-order chi connectivity index (χ1) is 9.50. The van der Waals surface area contributed by atoms with E-state index in [1.165, 1.54) is 29.6 Å². The third-order valence-corrected chi connectivity index (χ3v) is 16.3. The summed E-state index contributed by atoms with van der Waals surface area (Å²) in [6.45, 7) is 32.2. The fourth-order valence-electron chi connectivity index (χ4n) is 1.41. The molecule has 0 bridgehead atoms. The van der Waals surface area contributed by atoms with Crippen LogP contribution in [0.15, 0.2) is 0 Å². The second kappa shape index (κ2) is 15.1. The maximum absolute atomic E-state index is 7.50. The van der Waals surface area contributed by atoms with E-state index in [9.17, 15) is 0 Å². The zero-order chi connectivity index (χ0) is 18.0. The van der Waals surface area contributed by atoms with Crippen LogP contribution in [-0.4, -0.2) is 15.9 Å². The molecular weight excluding hydrogens is 393 g/mol. The standard InChI is InChI=1S/C10H15.C5H15Si2.2CO.Ru/c1-6-7(2)9(4)10(5)8(6)3;1-6(2)7(3,4)5;2*1-2;/h1-5H3;1-5H3;;;/q;;;;+1. The summed E-state index contributed by atoms with van der Waals surface area (Å²) >= 11 is 0. The molecule has 0 atom stereocenters. The van der Waals surface area contributed by atoms with Crippen molar-refractivity contribution in [2.75, 3.05) is 0 Å². The maximum Gasteiger partial charge on any atom is 1.00 e. The normalized spacial score (nSPS) is 17.2. The molecule has 5 heteroatoms. The Kier molecular flexibility index (Phi) is 20.9. The Hall–Kier alpha value is 0.537. The molecule has 1 fully saturated rings. The molecule has 7 radical (unpaired) electrons. The molecule has 1 aliphatic rings. The molecule has 0 amide bonds. The molecule has 0 aliphatic heterocycles. The van der Waals surface area contributed by atoms with Crippen molar-refractivity contribution in [1.82, 2.24) is 0 Å². The van der Waals surface area contributed by atoms with Gasteiger partial charge in [-0.15, -0.1) is 0 Å². The van der Waals surface area contributed by atoms with Gasteiger partial charge in [-0.1, -0.05) is 67.4 Å².